The van der Waals surface area contributed by atoms with E-state index < -0.39 is 5.41 Å². The first-order valence-electron chi connectivity index (χ1n) is 6.68. The van der Waals surface area contributed by atoms with E-state index in [0.717, 1.165) is 0 Å². The number of hydrogen-bond donors (Lipinski definition) is 0. The molecule has 0 aliphatic heterocycles. The second-order valence-electron chi connectivity index (χ2n) is 4.73. The predicted octanol–water partition coefficient (Wildman–Crippen LogP) is 2.27. The molecule has 0 aromatic rings. The van der Waals surface area contributed by atoms with E-state index in [-0.39, 0.29) is 30.6 Å². The fraction of sp³-hybridized carbons (Fsp3) is 0.786. The molecule has 0 radical (unpaired) electrons. The standard InChI is InChI=1S/C14H24O5/c1-5-18-12(16)7-9-14(4,11(3)15)10-8-13(17)19-6-2/h5-10H2,1-4H3. The van der Waals surface area contributed by atoms with Gasteiger partial charge in [-0.05, 0) is 33.6 Å². The highest BCUT2D eigenvalue weighted by Crippen LogP contribution is 2.30. The van der Waals surface area contributed by atoms with Gasteiger partial charge < -0.3 is 9.47 Å². The topological polar surface area (TPSA) is 69.7 Å². The molecule has 19 heavy (non-hydrogen) atoms. The summed E-state index contributed by atoms with van der Waals surface area (Å²) in [4.78, 5) is 34.4. The minimum Gasteiger partial charge on any atom is -0.466 e. The van der Waals surface area contributed by atoms with Crippen molar-refractivity contribution < 1.29 is 23.9 Å². The Labute approximate surface area is 114 Å². The molecule has 0 N–H and O–H groups in total. The number of carbonyl (C=O) groups is 3. The lowest BCUT2D eigenvalue weighted by atomic mass is 9.78. The van der Waals surface area contributed by atoms with Crippen LogP contribution in [-0.4, -0.2) is 30.9 Å². The van der Waals surface area contributed by atoms with Crippen LogP contribution in [0.1, 0.15) is 53.4 Å². The number of carbonyl (C=O) groups excluding carboxylic acids is 3. The van der Waals surface area contributed by atoms with Gasteiger partial charge in [0.1, 0.15) is 5.78 Å². The van der Waals surface area contributed by atoms with Gasteiger partial charge in [0.25, 0.3) is 0 Å². The lowest BCUT2D eigenvalue weighted by Crippen LogP contribution is -2.28. The molecule has 0 bridgehead atoms. The number of esters is 2. The Balaban J connectivity index is 4.38. The monoisotopic (exact) mass is 272 g/mol. The molecule has 0 fully saturated rings. The van der Waals surface area contributed by atoms with Gasteiger partial charge in [-0.2, -0.15) is 0 Å². The van der Waals surface area contributed by atoms with Crippen LogP contribution in [0.3, 0.4) is 0 Å². The molecule has 0 aliphatic carbocycles. The summed E-state index contributed by atoms with van der Waals surface area (Å²) in [6, 6.07) is 0. The Kier molecular flexibility index (Phi) is 8.03. The van der Waals surface area contributed by atoms with Crippen molar-refractivity contribution in [3.63, 3.8) is 0 Å². The molecular formula is C14H24O5. The highest BCUT2D eigenvalue weighted by Gasteiger charge is 2.31. The Hall–Kier alpha value is -1.39. The van der Waals surface area contributed by atoms with Crippen molar-refractivity contribution in [1.29, 1.82) is 0 Å². The highest BCUT2D eigenvalue weighted by molar-refractivity contribution is 5.83. The van der Waals surface area contributed by atoms with E-state index in [2.05, 4.69) is 0 Å². The zero-order valence-electron chi connectivity index (χ0n) is 12.3. The summed E-state index contributed by atoms with van der Waals surface area (Å²) in [7, 11) is 0. The molecule has 0 aromatic heterocycles. The van der Waals surface area contributed by atoms with Gasteiger partial charge in [-0.3, -0.25) is 14.4 Å². The van der Waals surface area contributed by atoms with E-state index in [9.17, 15) is 14.4 Å². The molecule has 0 saturated carbocycles. The van der Waals surface area contributed by atoms with Crippen molar-refractivity contribution in [2.24, 2.45) is 5.41 Å². The summed E-state index contributed by atoms with van der Waals surface area (Å²) in [5.74, 6) is -0.654. The van der Waals surface area contributed by atoms with Crippen molar-refractivity contribution >= 4 is 17.7 Å². The molecule has 110 valence electrons. The lowest BCUT2D eigenvalue weighted by Gasteiger charge is -2.25. The van der Waals surface area contributed by atoms with E-state index in [1.807, 2.05) is 0 Å². The van der Waals surface area contributed by atoms with E-state index in [4.69, 9.17) is 9.47 Å². The summed E-state index contributed by atoms with van der Waals surface area (Å²) in [6.45, 7) is 7.40. The third-order valence-corrected chi connectivity index (χ3v) is 3.22. The van der Waals surface area contributed by atoms with Gasteiger partial charge in [0, 0.05) is 18.3 Å². The first-order chi connectivity index (χ1) is 8.85. The van der Waals surface area contributed by atoms with Crippen molar-refractivity contribution in [2.45, 2.75) is 53.4 Å². The van der Waals surface area contributed by atoms with Crippen LogP contribution in [0, 0.1) is 5.41 Å². The van der Waals surface area contributed by atoms with Crippen LogP contribution in [0.25, 0.3) is 0 Å². The average molecular weight is 272 g/mol. The Bertz CT molecular complexity index is 300. The van der Waals surface area contributed by atoms with Gasteiger partial charge in [0.15, 0.2) is 0 Å². The number of Topliss-reactive ketones (excluding diaryl/α,β-unsaturated/α-hetero) is 1. The second kappa shape index (κ2) is 8.67. The maximum absolute atomic E-state index is 11.7. The third-order valence-electron chi connectivity index (χ3n) is 3.22. The van der Waals surface area contributed by atoms with Crippen molar-refractivity contribution in [1.82, 2.24) is 0 Å². The van der Waals surface area contributed by atoms with E-state index in [1.54, 1.807) is 20.8 Å². The Morgan fingerprint density at radius 2 is 1.26 bits per heavy atom. The fourth-order valence-corrected chi connectivity index (χ4v) is 1.70. The largest absolute Gasteiger partial charge is 0.466 e. The Morgan fingerprint density at radius 3 is 1.53 bits per heavy atom. The second-order valence-corrected chi connectivity index (χ2v) is 4.73. The van der Waals surface area contributed by atoms with E-state index in [0.29, 0.717) is 26.1 Å². The summed E-state index contributed by atoms with van der Waals surface area (Å²) < 4.78 is 9.68. The number of ether oxygens (including phenoxy) is 2. The van der Waals surface area contributed by atoms with Crippen molar-refractivity contribution in [2.75, 3.05) is 13.2 Å². The van der Waals surface area contributed by atoms with Crippen LogP contribution in [0.2, 0.25) is 0 Å². The van der Waals surface area contributed by atoms with Gasteiger partial charge in [-0.15, -0.1) is 0 Å². The van der Waals surface area contributed by atoms with E-state index >= 15 is 0 Å². The molecule has 0 rings (SSSR count). The molecule has 0 spiro atoms. The molecule has 0 saturated heterocycles. The minimum atomic E-state index is -0.681. The highest BCUT2D eigenvalue weighted by atomic mass is 16.5. The number of hydrogen-bond acceptors (Lipinski definition) is 5. The fourth-order valence-electron chi connectivity index (χ4n) is 1.70. The van der Waals surface area contributed by atoms with Gasteiger partial charge in [-0.25, -0.2) is 0 Å². The molecule has 5 heteroatoms. The molecule has 0 aliphatic rings. The van der Waals surface area contributed by atoms with Crippen molar-refractivity contribution in [3.05, 3.63) is 0 Å². The van der Waals surface area contributed by atoms with Crippen LogP contribution < -0.4 is 0 Å². The SMILES string of the molecule is CCOC(=O)CCC(C)(CCC(=O)OCC)C(C)=O. The minimum absolute atomic E-state index is 0.0268. The number of rotatable bonds is 9. The molecular weight excluding hydrogens is 248 g/mol. The molecule has 0 amide bonds. The van der Waals surface area contributed by atoms with Crippen LogP contribution in [0.15, 0.2) is 0 Å². The summed E-state index contributed by atoms with van der Waals surface area (Å²) in [5.41, 5.74) is -0.681. The Morgan fingerprint density at radius 1 is 0.895 bits per heavy atom. The van der Waals surface area contributed by atoms with Crippen LogP contribution in [-0.2, 0) is 23.9 Å². The van der Waals surface area contributed by atoms with Crippen LogP contribution in [0.4, 0.5) is 0 Å². The summed E-state index contributed by atoms with van der Waals surface area (Å²) in [5, 5.41) is 0. The third kappa shape index (κ3) is 6.94. The number of ketones is 1. The van der Waals surface area contributed by atoms with Gasteiger partial charge in [0.05, 0.1) is 13.2 Å². The lowest BCUT2D eigenvalue weighted by molar-refractivity contribution is -0.144. The smallest absolute Gasteiger partial charge is 0.305 e. The molecule has 0 unspecified atom stereocenters. The van der Waals surface area contributed by atoms with Crippen molar-refractivity contribution in [3.8, 4) is 0 Å². The van der Waals surface area contributed by atoms with Gasteiger partial charge in [0.2, 0.25) is 0 Å². The quantitative estimate of drug-likeness (QED) is 0.602. The predicted molar refractivity (Wildman–Crippen MR) is 70.5 cm³/mol. The van der Waals surface area contributed by atoms with Crippen LogP contribution >= 0.6 is 0 Å². The van der Waals surface area contributed by atoms with Gasteiger partial charge in [-0.1, -0.05) is 6.92 Å². The maximum Gasteiger partial charge on any atom is 0.305 e. The molecule has 0 aromatic carbocycles. The molecule has 0 heterocycles. The summed E-state index contributed by atoms with van der Waals surface area (Å²) in [6.07, 6.45) is 1.15. The van der Waals surface area contributed by atoms with E-state index in [1.165, 1.54) is 6.92 Å². The van der Waals surface area contributed by atoms with Crippen LogP contribution in [0.5, 0.6) is 0 Å². The zero-order chi connectivity index (χ0) is 14.9. The average Bonchev–Trinajstić information content (AvgIpc) is 2.34. The summed E-state index contributed by atoms with van der Waals surface area (Å²) >= 11 is 0. The first kappa shape index (κ1) is 17.6. The first-order valence-corrected chi connectivity index (χ1v) is 6.68. The molecule has 0 atom stereocenters. The van der Waals surface area contributed by atoms with Gasteiger partial charge >= 0.3 is 11.9 Å². The molecule has 5 nitrogen and oxygen atoms in total. The maximum atomic E-state index is 11.7. The zero-order valence-corrected chi connectivity index (χ0v) is 12.3. The normalized spacial score (nSPS) is 10.9.